The summed E-state index contributed by atoms with van der Waals surface area (Å²) in [6.07, 6.45) is 1.99. The summed E-state index contributed by atoms with van der Waals surface area (Å²) in [5.74, 6) is 0.388. The lowest BCUT2D eigenvalue weighted by molar-refractivity contribution is 0.0747. The summed E-state index contributed by atoms with van der Waals surface area (Å²) in [5.41, 5.74) is 1.74. The Labute approximate surface area is 152 Å². The van der Waals surface area contributed by atoms with Crippen LogP contribution >= 0.6 is 0 Å². The second kappa shape index (κ2) is 7.14. The number of anilines is 2. The molecule has 1 unspecified atom stereocenters. The molecule has 1 fully saturated rings. The van der Waals surface area contributed by atoms with Gasteiger partial charge in [0.15, 0.2) is 9.84 Å². The van der Waals surface area contributed by atoms with Gasteiger partial charge in [0.1, 0.15) is 5.82 Å². The Morgan fingerprint density at radius 2 is 2.04 bits per heavy atom. The predicted molar refractivity (Wildman–Crippen MR) is 97.8 cm³/mol. The van der Waals surface area contributed by atoms with Crippen LogP contribution < -0.4 is 5.32 Å². The maximum atomic E-state index is 12.7. The summed E-state index contributed by atoms with van der Waals surface area (Å²) < 4.78 is 23.3. The first-order valence-corrected chi connectivity index (χ1v) is 9.91. The second-order valence-corrected chi connectivity index (χ2v) is 8.45. The third-order valence-electron chi connectivity index (χ3n) is 4.37. The minimum atomic E-state index is -3.05. The van der Waals surface area contributed by atoms with Crippen molar-refractivity contribution in [1.29, 1.82) is 5.26 Å². The molecule has 26 heavy (non-hydrogen) atoms. The Kier molecular flexibility index (Phi) is 4.91. The first-order chi connectivity index (χ1) is 12.4. The lowest BCUT2D eigenvalue weighted by Gasteiger charge is -2.23. The van der Waals surface area contributed by atoms with Gasteiger partial charge in [-0.25, -0.2) is 13.4 Å². The second-order valence-electron chi connectivity index (χ2n) is 6.22. The van der Waals surface area contributed by atoms with Crippen LogP contribution in [0.25, 0.3) is 0 Å². The van der Waals surface area contributed by atoms with E-state index in [-0.39, 0.29) is 23.5 Å². The zero-order valence-corrected chi connectivity index (χ0v) is 15.0. The number of nitrogens with one attached hydrogen (secondary N) is 1. The fourth-order valence-corrected chi connectivity index (χ4v) is 4.63. The van der Waals surface area contributed by atoms with Crippen LogP contribution in [0, 0.1) is 11.3 Å². The SMILES string of the molecule is CN(C(=O)c1ccnc(Nc2ccc(C#N)cc2)c1)C1CCS(=O)(=O)C1. The first-order valence-electron chi connectivity index (χ1n) is 8.09. The summed E-state index contributed by atoms with van der Waals surface area (Å²) in [6, 6.07) is 11.9. The molecule has 1 aliphatic rings. The van der Waals surface area contributed by atoms with Gasteiger partial charge in [-0.3, -0.25) is 4.79 Å². The Morgan fingerprint density at radius 1 is 1.31 bits per heavy atom. The quantitative estimate of drug-likeness (QED) is 0.882. The van der Waals surface area contributed by atoms with Gasteiger partial charge in [0.05, 0.1) is 23.1 Å². The monoisotopic (exact) mass is 370 g/mol. The molecule has 134 valence electrons. The fourth-order valence-electron chi connectivity index (χ4n) is 2.86. The van der Waals surface area contributed by atoms with Gasteiger partial charge in [0, 0.05) is 30.5 Å². The van der Waals surface area contributed by atoms with Gasteiger partial charge in [-0.1, -0.05) is 0 Å². The van der Waals surface area contributed by atoms with Gasteiger partial charge < -0.3 is 10.2 Å². The Morgan fingerprint density at radius 3 is 2.65 bits per heavy atom. The van der Waals surface area contributed by atoms with Gasteiger partial charge in [-0.05, 0) is 42.8 Å². The fraction of sp³-hybridized carbons (Fsp3) is 0.278. The van der Waals surface area contributed by atoms with E-state index in [1.807, 2.05) is 0 Å². The van der Waals surface area contributed by atoms with Crippen molar-refractivity contribution < 1.29 is 13.2 Å². The molecule has 1 atom stereocenters. The molecular formula is C18H18N4O3S. The van der Waals surface area contributed by atoms with Gasteiger partial charge in [-0.2, -0.15) is 5.26 Å². The molecule has 0 saturated carbocycles. The van der Waals surface area contributed by atoms with Gasteiger partial charge in [0.2, 0.25) is 0 Å². The highest BCUT2D eigenvalue weighted by Crippen LogP contribution is 2.20. The standard InChI is InChI=1S/C18H18N4O3S/c1-22(16-7-9-26(24,25)12-16)18(23)14-6-8-20-17(10-14)21-15-4-2-13(11-19)3-5-15/h2-6,8,10,16H,7,9,12H2,1H3,(H,20,21). The maximum absolute atomic E-state index is 12.7. The molecule has 3 rings (SSSR count). The first kappa shape index (κ1) is 17.9. The van der Waals surface area contributed by atoms with E-state index < -0.39 is 9.84 Å². The summed E-state index contributed by atoms with van der Waals surface area (Å²) in [5, 5.41) is 11.9. The number of hydrogen-bond acceptors (Lipinski definition) is 6. The van der Waals surface area contributed by atoms with Crippen molar-refractivity contribution in [1.82, 2.24) is 9.88 Å². The number of aromatic nitrogens is 1. The lowest BCUT2D eigenvalue weighted by atomic mass is 10.1. The molecule has 0 bridgehead atoms. The van der Waals surface area contributed by atoms with Crippen LogP contribution in [0.4, 0.5) is 11.5 Å². The number of hydrogen-bond donors (Lipinski definition) is 1. The highest BCUT2D eigenvalue weighted by molar-refractivity contribution is 7.91. The molecule has 8 heteroatoms. The van der Waals surface area contributed by atoms with E-state index in [1.165, 1.54) is 11.1 Å². The van der Waals surface area contributed by atoms with Crippen molar-refractivity contribution in [3.8, 4) is 6.07 Å². The number of rotatable bonds is 4. The van der Waals surface area contributed by atoms with Crippen LogP contribution in [0.2, 0.25) is 0 Å². The third kappa shape index (κ3) is 4.00. The Balaban J connectivity index is 1.73. The molecule has 1 aromatic heterocycles. The van der Waals surface area contributed by atoms with Crippen molar-refractivity contribution >= 4 is 27.2 Å². The number of carbonyl (C=O) groups excluding carboxylic acids is 1. The van der Waals surface area contributed by atoms with Crippen molar-refractivity contribution in [2.24, 2.45) is 0 Å². The number of nitriles is 1. The molecule has 1 aliphatic heterocycles. The molecule has 1 saturated heterocycles. The van der Waals surface area contributed by atoms with Crippen LogP contribution in [0.3, 0.4) is 0 Å². The van der Waals surface area contributed by atoms with Crippen molar-refractivity contribution in [3.05, 3.63) is 53.7 Å². The smallest absolute Gasteiger partial charge is 0.254 e. The highest BCUT2D eigenvalue weighted by Gasteiger charge is 2.33. The number of nitrogens with zero attached hydrogens (tertiary/aromatic N) is 3. The molecule has 0 aliphatic carbocycles. The van der Waals surface area contributed by atoms with Gasteiger partial charge >= 0.3 is 0 Å². The van der Waals surface area contributed by atoms with Crippen LogP contribution in [-0.2, 0) is 9.84 Å². The van der Waals surface area contributed by atoms with E-state index in [4.69, 9.17) is 5.26 Å². The van der Waals surface area contributed by atoms with E-state index >= 15 is 0 Å². The minimum Gasteiger partial charge on any atom is -0.340 e. The number of amides is 1. The highest BCUT2D eigenvalue weighted by atomic mass is 32.2. The molecule has 7 nitrogen and oxygen atoms in total. The van der Waals surface area contributed by atoms with E-state index in [2.05, 4.69) is 16.4 Å². The number of carbonyl (C=O) groups is 1. The van der Waals surface area contributed by atoms with Crippen molar-refractivity contribution in [2.75, 3.05) is 23.9 Å². The van der Waals surface area contributed by atoms with Crippen molar-refractivity contribution in [3.63, 3.8) is 0 Å². The summed E-state index contributed by atoms with van der Waals surface area (Å²) >= 11 is 0. The molecule has 1 amide bonds. The Hall–Kier alpha value is -2.92. The van der Waals surface area contributed by atoms with E-state index in [0.29, 0.717) is 23.4 Å². The van der Waals surface area contributed by atoms with Crippen LogP contribution in [0.5, 0.6) is 0 Å². The number of sulfone groups is 1. The van der Waals surface area contributed by atoms with E-state index in [0.717, 1.165) is 5.69 Å². The van der Waals surface area contributed by atoms with E-state index in [1.54, 1.807) is 43.4 Å². The normalized spacial score (nSPS) is 18.1. The number of pyridine rings is 1. The third-order valence-corrected chi connectivity index (χ3v) is 6.12. The topological polar surface area (TPSA) is 103 Å². The maximum Gasteiger partial charge on any atom is 0.254 e. The summed E-state index contributed by atoms with van der Waals surface area (Å²) in [7, 11) is -1.43. The molecule has 2 heterocycles. The molecule has 1 aromatic carbocycles. The molecule has 0 radical (unpaired) electrons. The summed E-state index contributed by atoms with van der Waals surface area (Å²) in [4.78, 5) is 18.4. The average molecular weight is 370 g/mol. The molecule has 1 N–H and O–H groups in total. The number of benzene rings is 1. The van der Waals surface area contributed by atoms with Gasteiger partial charge in [0.25, 0.3) is 5.91 Å². The molecular weight excluding hydrogens is 352 g/mol. The molecule has 2 aromatic rings. The largest absolute Gasteiger partial charge is 0.340 e. The zero-order chi connectivity index (χ0) is 18.7. The molecule has 0 spiro atoms. The average Bonchev–Trinajstić information content (AvgIpc) is 3.01. The van der Waals surface area contributed by atoms with E-state index in [9.17, 15) is 13.2 Å². The minimum absolute atomic E-state index is 0.0106. The van der Waals surface area contributed by atoms with Crippen LogP contribution in [0.1, 0.15) is 22.3 Å². The van der Waals surface area contributed by atoms with Crippen LogP contribution in [0.15, 0.2) is 42.6 Å². The zero-order valence-electron chi connectivity index (χ0n) is 14.2. The lowest BCUT2D eigenvalue weighted by Crippen LogP contribution is -2.37. The Bertz CT molecular complexity index is 965. The predicted octanol–water partition coefficient (Wildman–Crippen LogP) is 1.96. The van der Waals surface area contributed by atoms with Crippen molar-refractivity contribution in [2.45, 2.75) is 12.5 Å². The summed E-state index contributed by atoms with van der Waals surface area (Å²) in [6.45, 7) is 0. The van der Waals surface area contributed by atoms with Crippen LogP contribution in [-0.4, -0.2) is 48.8 Å². The van der Waals surface area contributed by atoms with Gasteiger partial charge in [-0.15, -0.1) is 0 Å².